The van der Waals surface area contributed by atoms with E-state index >= 15 is 0 Å². The number of rotatable bonds is 6. The number of benzene rings is 2. The van der Waals surface area contributed by atoms with Gasteiger partial charge in [0.15, 0.2) is 0 Å². The number of nitrogens with one attached hydrogen (secondary N) is 1. The molecule has 5 rings (SSSR count). The minimum Gasteiger partial charge on any atom is -0.379 e. The Bertz CT molecular complexity index is 1260. The van der Waals surface area contributed by atoms with Gasteiger partial charge in [-0.25, -0.2) is 4.98 Å². The van der Waals surface area contributed by atoms with Crippen LogP contribution in [0, 0.1) is 6.92 Å². The van der Waals surface area contributed by atoms with E-state index in [1.54, 1.807) is 0 Å². The van der Waals surface area contributed by atoms with Gasteiger partial charge in [0, 0.05) is 31.7 Å². The summed E-state index contributed by atoms with van der Waals surface area (Å²) in [6.07, 6.45) is 0. The molecule has 2 aromatic carbocycles. The van der Waals surface area contributed by atoms with Crippen molar-refractivity contribution in [1.82, 2.24) is 20.4 Å². The second-order valence-corrected chi connectivity index (χ2v) is 8.26. The molecule has 1 fully saturated rings. The highest BCUT2D eigenvalue weighted by atomic mass is 16.5. The first-order valence-electron chi connectivity index (χ1n) is 11.2. The largest absolute Gasteiger partial charge is 0.379 e. The highest BCUT2D eigenvalue weighted by Gasteiger charge is 2.19. The molecule has 168 valence electrons. The number of carbonyl (C=O) groups excluding carboxylic acids is 1. The lowest BCUT2D eigenvalue weighted by Crippen LogP contribution is -2.35. The van der Waals surface area contributed by atoms with Gasteiger partial charge in [0.05, 0.1) is 35.6 Å². The van der Waals surface area contributed by atoms with Crippen molar-refractivity contribution in [2.24, 2.45) is 0 Å². The topological polar surface area (TPSA) is 80.5 Å². The fourth-order valence-electron chi connectivity index (χ4n) is 4.16. The van der Waals surface area contributed by atoms with Crippen LogP contribution < -0.4 is 5.32 Å². The van der Waals surface area contributed by atoms with Crippen LogP contribution in [0.15, 0.2) is 65.2 Å². The van der Waals surface area contributed by atoms with Crippen molar-refractivity contribution in [2.45, 2.75) is 20.0 Å². The van der Waals surface area contributed by atoms with Crippen molar-refractivity contribution in [1.29, 1.82) is 0 Å². The Hall–Kier alpha value is -3.55. The normalized spacial score (nSPS) is 14.5. The standard InChI is InChI=1S/C26H26N4O3/c1-18-24-22(15-23(28-26(24)33-29-18)21-8-3-2-4-9-21)25(31)27-16-19-6-5-7-20(14-19)17-30-10-12-32-13-11-30/h2-9,14-15H,10-13,16-17H2,1H3,(H,27,31). The monoisotopic (exact) mass is 442 g/mol. The summed E-state index contributed by atoms with van der Waals surface area (Å²) in [7, 11) is 0. The predicted octanol–water partition coefficient (Wildman–Crippen LogP) is 3.96. The van der Waals surface area contributed by atoms with E-state index in [2.05, 4.69) is 32.5 Å². The van der Waals surface area contributed by atoms with Gasteiger partial charge < -0.3 is 14.6 Å². The molecule has 1 aliphatic heterocycles. The van der Waals surface area contributed by atoms with Crippen LogP contribution in [0.2, 0.25) is 0 Å². The molecule has 0 bridgehead atoms. The lowest BCUT2D eigenvalue weighted by molar-refractivity contribution is 0.0342. The number of hydrogen-bond acceptors (Lipinski definition) is 6. The summed E-state index contributed by atoms with van der Waals surface area (Å²) < 4.78 is 10.8. The number of aromatic nitrogens is 2. The van der Waals surface area contributed by atoms with Gasteiger partial charge >= 0.3 is 0 Å². The molecule has 0 atom stereocenters. The van der Waals surface area contributed by atoms with E-state index in [1.807, 2.05) is 55.5 Å². The Kier molecular flexibility index (Phi) is 6.15. The summed E-state index contributed by atoms with van der Waals surface area (Å²) in [4.78, 5) is 20.2. The molecule has 1 N–H and O–H groups in total. The first-order chi connectivity index (χ1) is 16.2. The van der Waals surface area contributed by atoms with Crippen LogP contribution in [0.3, 0.4) is 0 Å². The number of aryl methyl sites for hydroxylation is 1. The summed E-state index contributed by atoms with van der Waals surface area (Å²) in [5.41, 5.74) is 5.42. The number of pyridine rings is 1. The van der Waals surface area contributed by atoms with Gasteiger partial charge in [0.1, 0.15) is 0 Å². The molecule has 33 heavy (non-hydrogen) atoms. The van der Waals surface area contributed by atoms with Gasteiger partial charge in [0.2, 0.25) is 0 Å². The van der Waals surface area contributed by atoms with Crippen LogP contribution in [-0.2, 0) is 17.8 Å². The van der Waals surface area contributed by atoms with Gasteiger partial charge in [-0.3, -0.25) is 9.69 Å². The Balaban J connectivity index is 1.35. The highest BCUT2D eigenvalue weighted by Crippen LogP contribution is 2.27. The van der Waals surface area contributed by atoms with Crippen molar-refractivity contribution in [3.63, 3.8) is 0 Å². The van der Waals surface area contributed by atoms with E-state index < -0.39 is 0 Å². The van der Waals surface area contributed by atoms with Gasteiger partial charge in [0.25, 0.3) is 11.6 Å². The first kappa shape index (κ1) is 21.3. The second kappa shape index (κ2) is 9.52. The molecule has 1 aliphatic rings. The maximum absolute atomic E-state index is 13.2. The molecule has 0 saturated carbocycles. The Morgan fingerprint density at radius 2 is 1.82 bits per heavy atom. The summed E-state index contributed by atoms with van der Waals surface area (Å²) in [6, 6.07) is 19.9. The zero-order valence-electron chi connectivity index (χ0n) is 18.6. The summed E-state index contributed by atoms with van der Waals surface area (Å²) in [5, 5.41) is 7.74. The Labute approximate surface area is 192 Å². The zero-order chi connectivity index (χ0) is 22.6. The van der Waals surface area contributed by atoms with E-state index in [0.717, 1.165) is 44.0 Å². The molecular formula is C26H26N4O3. The molecule has 4 aromatic rings. The maximum Gasteiger partial charge on any atom is 0.259 e. The minimum absolute atomic E-state index is 0.176. The third-order valence-electron chi connectivity index (χ3n) is 5.89. The Morgan fingerprint density at radius 3 is 2.64 bits per heavy atom. The fourth-order valence-corrected chi connectivity index (χ4v) is 4.16. The molecule has 7 heteroatoms. The first-order valence-corrected chi connectivity index (χ1v) is 11.2. The molecule has 0 unspecified atom stereocenters. The maximum atomic E-state index is 13.2. The lowest BCUT2D eigenvalue weighted by atomic mass is 10.0. The average Bonchev–Trinajstić information content (AvgIpc) is 3.24. The number of nitrogens with zero attached hydrogens (tertiary/aromatic N) is 3. The summed E-state index contributed by atoms with van der Waals surface area (Å²) >= 11 is 0. The Morgan fingerprint density at radius 1 is 1.03 bits per heavy atom. The number of fused-ring (bicyclic) bond motifs is 1. The third-order valence-corrected chi connectivity index (χ3v) is 5.89. The van der Waals surface area contributed by atoms with E-state index in [-0.39, 0.29) is 5.91 Å². The fraction of sp³-hybridized carbons (Fsp3) is 0.269. The van der Waals surface area contributed by atoms with E-state index in [9.17, 15) is 4.79 Å². The SMILES string of the molecule is Cc1noc2nc(-c3ccccc3)cc(C(=O)NCc3cccc(CN4CCOCC4)c3)c12. The van der Waals surface area contributed by atoms with Crippen LogP contribution in [0.25, 0.3) is 22.4 Å². The number of ether oxygens (including phenoxy) is 1. The van der Waals surface area contributed by atoms with E-state index in [0.29, 0.717) is 34.6 Å². The molecule has 2 aromatic heterocycles. The molecule has 1 amide bonds. The van der Waals surface area contributed by atoms with Crippen molar-refractivity contribution in [3.05, 3.63) is 83.0 Å². The zero-order valence-corrected chi connectivity index (χ0v) is 18.6. The van der Waals surface area contributed by atoms with Crippen LogP contribution >= 0.6 is 0 Å². The molecule has 7 nitrogen and oxygen atoms in total. The van der Waals surface area contributed by atoms with Gasteiger partial charge in [-0.1, -0.05) is 59.8 Å². The van der Waals surface area contributed by atoms with Gasteiger partial charge in [-0.2, -0.15) is 0 Å². The number of morpholine rings is 1. The van der Waals surface area contributed by atoms with E-state index in [1.165, 1.54) is 5.56 Å². The van der Waals surface area contributed by atoms with Crippen molar-refractivity contribution < 1.29 is 14.1 Å². The quantitative estimate of drug-likeness (QED) is 0.487. The predicted molar refractivity (Wildman–Crippen MR) is 126 cm³/mol. The molecule has 1 saturated heterocycles. The number of hydrogen-bond donors (Lipinski definition) is 1. The summed E-state index contributed by atoms with van der Waals surface area (Å²) in [5.74, 6) is -0.176. The van der Waals surface area contributed by atoms with Crippen LogP contribution in [-0.4, -0.2) is 47.3 Å². The van der Waals surface area contributed by atoms with Gasteiger partial charge in [-0.05, 0) is 24.1 Å². The van der Waals surface area contributed by atoms with Crippen molar-refractivity contribution in [2.75, 3.05) is 26.3 Å². The van der Waals surface area contributed by atoms with Crippen LogP contribution in [0.5, 0.6) is 0 Å². The second-order valence-electron chi connectivity index (χ2n) is 8.26. The number of amides is 1. The molecule has 0 aliphatic carbocycles. The van der Waals surface area contributed by atoms with Gasteiger partial charge in [-0.15, -0.1) is 0 Å². The van der Waals surface area contributed by atoms with Crippen LogP contribution in [0.1, 0.15) is 27.2 Å². The van der Waals surface area contributed by atoms with Crippen molar-refractivity contribution in [3.8, 4) is 11.3 Å². The average molecular weight is 443 g/mol. The van der Waals surface area contributed by atoms with Crippen molar-refractivity contribution >= 4 is 17.0 Å². The smallest absolute Gasteiger partial charge is 0.259 e. The third kappa shape index (κ3) is 4.79. The molecular weight excluding hydrogens is 416 g/mol. The lowest BCUT2D eigenvalue weighted by Gasteiger charge is -2.26. The van der Waals surface area contributed by atoms with Crippen LogP contribution in [0.4, 0.5) is 0 Å². The minimum atomic E-state index is -0.176. The molecule has 3 heterocycles. The van der Waals surface area contributed by atoms with E-state index in [4.69, 9.17) is 9.26 Å². The molecule has 0 spiro atoms. The number of carbonyl (C=O) groups is 1. The molecule has 0 radical (unpaired) electrons. The highest BCUT2D eigenvalue weighted by molar-refractivity contribution is 6.06. The summed E-state index contributed by atoms with van der Waals surface area (Å²) in [6.45, 7) is 6.59.